The van der Waals surface area contributed by atoms with E-state index in [1.807, 2.05) is 24.3 Å². The SMILES string of the molecule is CC1(CNC(=O)NCCc2ccc(CO)cc2)Cc2ccccc2C1. The molecule has 4 nitrogen and oxygen atoms in total. The van der Waals surface area contributed by atoms with Crippen LogP contribution in [0.2, 0.25) is 0 Å². The standard InChI is InChI=1S/C21H26N2O2/c1-21(12-18-4-2-3-5-19(18)13-21)15-23-20(25)22-11-10-16-6-8-17(14-24)9-7-16/h2-9,24H,10-15H2,1H3,(H2,22,23,25). The number of fused-ring (bicyclic) bond motifs is 1. The van der Waals surface area contributed by atoms with E-state index in [2.05, 4.69) is 41.8 Å². The highest BCUT2D eigenvalue weighted by Crippen LogP contribution is 2.35. The van der Waals surface area contributed by atoms with Crippen molar-refractivity contribution in [2.45, 2.75) is 32.8 Å². The number of hydrogen-bond donors (Lipinski definition) is 3. The van der Waals surface area contributed by atoms with E-state index in [-0.39, 0.29) is 18.1 Å². The minimum atomic E-state index is -0.107. The van der Waals surface area contributed by atoms with E-state index < -0.39 is 0 Å². The van der Waals surface area contributed by atoms with Gasteiger partial charge < -0.3 is 15.7 Å². The molecule has 2 amide bonds. The molecule has 0 saturated carbocycles. The van der Waals surface area contributed by atoms with Gasteiger partial charge in [-0.1, -0.05) is 55.5 Å². The Morgan fingerprint density at radius 3 is 2.20 bits per heavy atom. The number of aliphatic hydroxyl groups is 1. The second-order valence-corrected chi connectivity index (χ2v) is 7.27. The van der Waals surface area contributed by atoms with Gasteiger partial charge in [-0.3, -0.25) is 0 Å². The molecule has 0 aliphatic heterocycles. The molecule has 0 atom stereocenters. The van der Waals surface area contributed by atoms with Crippen LogP contribution in [0.4, 0.5) is 4.79 Å². The normalized spacial score (nSPS) is 14.8. The molecular weight excluding hydrogens is 312 g/mol. The van der Waals surface area contributed by atoms with E-state index in [1.165, 1.54) is 11.1 Å². The van der Waals surface area contributed by atoms with Crippen molar-refractivity contribution in [3.05, 3.63) is 70.8 Å². The Morgan fingerprint density at radius 2 is 1.60 bits per heavy atom. The number of amides is 2. The van der Waals surface area contributed by atoms with Crippen LogP contribution in [0.5, 0.6) is 0 Å². The molecule has 0 heterocycles. The van der Waals surface area contributed by atoms with E-state index in [0.717, 1.165) is 30.4 Å². The molecule has 3 N–H and O–H groups in total. The first-order valence-electron chi connectivity index (χ1n) is 8.85. The van der Waals surface area contributed by atoms with Gasteiger partial charge in [0.05, 0.1) is 6.61 Å². The Hall–Kier alpha value is -2.33. The summed E-state index contributed by atoms with van der Waals surface area (Å²) < 4.78 is 0. The van der Waals surface area contributed by atoms with Gasteiger partial charge in [-0.25, -0.2) is 4.79 Å². The van der Waals surface area contributed by atoms with E-state index in [0.29, 0.717) is 13.1 Å². The molecule has 1 aliphatic carbocycles. The van der Waals surface area contributed by atoms with Crippen molar-refractivity contribution >= 4 is 6.03 Å². The number of aliphatic hydroxyl groups excluding tert-OH is 1. The van der Waals surface area contributed by atoms with Gasteiger partial charge in [-0.05, 0) is 46.9 Å². The van der Waals surface area contributed by atoms with Crippen LogP contribution in [-0.2, 0) is 25.9 Å². The molecule has 25 heavy (non-hydrogen) atoms. The Labute approximate surface area is 149 Å². The van der Waals surface area contributed by atoms with Crippen molar-refractivity contribution < 1.29 is 9.90 Å². The van der Waals surface area contributed by atoms with Gasteiger partial charge in [0.1, 0.15) is 0 Å². The third kappa shape index (κ3) is 4.60. The predicted molar refractivity (Wildman–Crippen MR) is 99.4 cm³/mol. The van der Waals surface area contributed by atoms with Gasteiger partial charge in [-0.15, -0.1) is 0 Å². The highest BCUT2D eigenvalue weighted by molar-refractivity contribution is 5.73. The van der Waals surface area contributed by atoms with Crippen molar-refractivity contribution in [3.63, 3.8) is 0 Å². The number of benzene rings is 2. The number of nitrogens with one attached hydrogen (secondary N) is 2. The third-order valence-corrected chi connectivity index (χ3v) is 4.93. The summed E-state index contributed by atoms with van der Waals surface area (Å²) in [5.74, 6) is 0. The summed E-state index contributed by atoms with van der Waals surface area (Å²) in [6, 6.07) is 16.2. The molecule has 2 aromatic rings. The lowest BCUT2D eigenvalue weighted by atomic mass is 9.87. The number of carbonyl (C=O) groups is 1. The molecule has 4 heteroatoms. The molecule has 0 radical (unpaired) electrons. The van der Waals surface area contributed by atoms with Crippen LogP contribution >= 0.6 is 0 Å². The molecule has 1 aliphatic rings. The van der Waals surface area contributed by atoms with Crippen LogP contribution in [0, 0.1) is 5.41 Å². The maximum absolute atomic E-state index is 12.1. The topological polar surface area (TPSA) is 61.4 Å². The lowest BCUT2D eigenvalue weighted by Crippen LogP contribution is -2.42. The molecule has 132 valence electrons. The van der Waals surface area contributed by atoms with Gasteiger partial charge in [-0.2, -0.15) is 0 Å². The molecule has 0 unspecified atom stereocenters. The second kappa shape index (κ2) is 7.70. The van der Waals surface area contributed by atoms with Gasteiger partial charge in [0, 0.05) is 13.1 Å². The first-order chi connectivity index (χ1) is 12.1. The zero-order valence-corrected chi connectivity index (χ0v) is 14.7. The monoisotopic (exact) mass is 338 g/mol. The van der Waals surface area contributed by atoms with Crippen molar-refractivity contribution in [2.75, 3.05) is 13.1 Å². The van der Waals surface area contributed by atoms with Crippen molar-refractivity contribution in [2.24, 2.45) is 5.41 Å². The quantitative estimate of drug-likeness (QED) is 0.758. The van der Waals surface area contributed by atoms with Gasteiger partial charge in [0.2, 0.25) is 0 Å². The molecular formula is C21H26N2O2. The van der Waals surface area contributed by atoms with Crippen LogP contribution in [0.15, 0.2) is 48.5 Å². The van der Waals surface area contributed by atoms with Crippen LogP contribution in [0.3, 0.4) is 0 Å². The minimum Gasteiger partial charge on any atom is -0.392 e. The average molecular weight is 338 g/mol. The Morgan fingerprint density at radius 1 is 1.00 bits per heavy atom. The maximum Gasteiger partial charge on any atom is 0.314 e. The van der Waals surface area contributed by atoms with Gasteiger partial charge in [0.15, 0.2) is 0 Å². The molecule has 2 aromatic carbocycles. The zero-order chi connectivity index (χ0) is 17.7. The molecule has 0 spiro atoms. The first-order valence-corrected chi connectivity index (χ1v) is 8.85. The molecule has 3 rings (SSSR count). The smallest absolute Gasteiger partial charge is 0.314 e. The zero-order valence-electron chi connectivity index (χ0n) is 14.7. The van der Waals surface area contributed by atoms with E-state index >= 15 is 0 Å². The van der Waals surface area contributed by atoms with Gasteiger partial charge in [0.25, 0.3) is 0 Å². The van der Waals surface area contributed by atoms with Crippen LogP contribution in [0.1, 0.15) is 29.2 Å². The predicted octanol–water partition coefficient (Wildman–Crippen LogP) is 2.83. The molecule has 0 fully saturated rings. The number of rotatable bonds is 6. The maximum atomic E-state index is 12.1. The van der Waals surface area contributed by atoms with E-state index in [4.69, 9.17) is 5.11 Å². The average Bonchev–Trinajstić information content (AvgIpc) is 2.97. The molecule has 0 saturated heterocycles. The number of hydrogen-bond acceptors (Lipinski definition) is 2. The lowest BCUT2D eigenvalue weighted by molar-refractivity contribution is 0.232. The summed E-state index contributed by atoms with van der Waals surface area (Å²) in [5.41, 5.74) is 4.95. The summed E-state index contributed by atoms with van der Waals surface area (Å²) in [6.45, 7) is 3.57. The summed E-state index contributed by atoms with van der Waals surface area (Å²) >= 11 is 0. The summed E-state index contributed by atoms with van der Waals surface area (Å²) in [7, 11) is 0. The minimum absolute atomic E-state index is 0.0591. The van der Waals surface area contributed by atoms with Gasteiger partial charge >= 0.3 is 6.03 Å². The van der Waals surface area contributed by atoms with Crippen molar-refractivity contribution in [1.29, 1.82) is 0 Å². The number of carbonyl (C=O) groups excluding carboxylic acids is 1. The number of urea groups is 1. The highest BCUT2D eigenvalue weighted by Gasteiger charge is 2.32. The third-order valence-electron chi connectivity index (χ3n) is 4.93. The van der Waals surface area contributed by atoms with Crippen LogP contribution in [-0.4, -0.2) is 24.2 Å². The van der Waals surface area contributed by atoms with Crippen LogP contribution in [0.25, 0.3) is 0 Å². The van der Waals surface area contributed by atoms with E-state index in [9.17, 15) is 4.79 Å². The second-order valence-electron chi connectivity index (χ2n) is 7.27. The van der Waals surface area contributed by atoms with E-state index in [1.54, 1.807) is 0 Å². The fraction of sp³-hybridized carbons (Fsp3) is 0.381. The Bertz CT molecular complexity index is 700. The largest absolute Gasteiger partial charge is 0.392 e. The Balaban J connectivity index is 1.40. The van der Waals surface area contributed by atoms with Crippen LogP contribution < -0.4 is 10.6 Å². The summed E-state index contributed by atoms with van der Waals surface area (Å²) in [4.78, 5) is 12.1. The lowest BCUT2D eigenvalue weighted by Gasteiger charge is -2.24. The molecule has 0 bridgehead atoms. The summed E-state index contributed by atoms with van der Waals surface area (Å²) in [6.07, 6.45) is 2.81. The van der Waals surface area contributed by atoms with Crippen molar-refractivity contribution in [3.8, 4) is 0 Å². The highest BCUT2D eigenvalue weighted by atomic mass is 16.3. The fourth-order valence-corrected chi connectivity index (χ4v) is 3.50. The Kier molecular flexibility index (Phi) is 5.39. The first kappa shape index (κ1) is 17.5. The fourth-order valence-electron chi connectivity index (χ4n) is 3.50. The van der Waals surface area contributed by atoms with Crippen molar-refractivity contribution in [1.82, 2.24) is 10.6 Å². The molecule has 0 aromatic heterocycles. The summed E-state index contributed by atoms with van der Waals surface area (Å²) in [5, 5.41) is 15.0.